The molecule has 0 aromatic heterocycles. The number of allylic oxidation sites excluding steroid dienone is 4. The first-order valence-corrected chi connectivity index (χ1v) is 27.6. The number of carbonyl (C=O) groups is 2. The third kappa shape index (κ3) is 47.8. The molecule has 0 radical (unpaired) electrons. The van der Waals surface area contributed by atoms with Crippen LogP contribution in [-0.4, -0.2) is 47.4 Å². The summed E-state index contributed by atoms with van der Waals surface area (Å²) in [5, 5.41) is 23.3. The van der Waals surface area contributed by atoms with Gasteiger partial charge in [-0.3, -0.25) is 9.59 Å². The lowest BCUT2D eigenvalue weighted by atomic mass is 10.0. The number of rotatable bonds is 51. The largest absolute Gasteiger partial charge is 0.466 e. The van der Waals surface area contributed by atoms with E-state index in [0.29, 0.717) is 25.9 Å². The van der Waals surface area contributed by atoms with E-state index in [4.69, 9.17) is 4.74 Å². The van der Waals surface area contributed by atoms with Gasteiger partial charge in [-0.25, -0.2) is 0 Å². The Labute approximate surface area is 386 Å². The van der Waals surface area contributed by atoms with Crippen molar-refractivity contribution in [3.05, 3.63) is 24.3 Å². The molecule has 0 saturated carbocycles. The number of unbranched alkanes of at least 4 members (excludes halogenated alkanes) is 36. The number of aliphatic hydroxyl groups excluding tert-OH is 2. The smallest absolute Gasteiger partial charge is 0.305 e. The summed E-state index contributed by atoms with van der Waals surface area (Å²) in [6.45, 7) is 4.90. The lowest BCUT2D eigenvalue weighted by Gasteiger charge is -2.22. The standard InChI is InChI=1S/C56H107NO5/c1-3-5-7-9-11-13-15-17-19-21-22-23-25-28-32-36-40-44-48-54(59)53(52-58)57-55(60)49-45-41-37-33-29-27-31-35-39-43-47-51-62-56(61)50-46-42-38-34-30-26-24-20-18-16-14-12-10-8-6-4-2/h14,16,20,24,53-54,58-59H,3-13,15,17-19,21-23,25-52H2,1-2H3,(H,57,60)/b16-14-,24-20-. The Morgan fingerprint density at radius 2 is 0.806 bits per heavy atom. The molecule has 0 bridgehead atoms. The summed E-state index contributed by atoms with van der Waals surface area (Å²) in [7, 11) is 0. The molecule has 0 spiro atoms. The molecule has 0 rings (SSSR count). The minimum absolute atomic E-state index is 0.0266. The van der Waals surface area contributed by atoms with Crippen LogP contribution in [0.5, 0.6) is 0 Å². The molecule has 0 saturated heterocycles. The van der Waals surface area contributed by atoms with Crippen molar-refractivity contribution in [1.29, 1.82) is 0 Å². The predicted octanol–water partition coefficient (Wildman–Crippen LogP) is 16.7. The minimum atomic E-state index is -0.678. The Balaban J connectivity index is 3.48. The summed E-state index contributed by atoms with van der Waals surface area (Å²) in [4.78, 5) is 24.5. The highest BCUT2D eigenvalue weighted by Crippen LogP contribution is 2.17. The highest BCUT2D eigenvalue weighted by atomic mass is 16.5. The summed E-state index contributed by atoms with van der Waals surface area (Å²) < 4.78 is 5.46. The summed E-state index contributed by atoms with van der Waals surface area (Å²) in [5.41, 5.74) is 0. The topological polar surface area (TPSA) is 95.9 Å². The molecule has 0 aliphatic rings. The second kappa shape index (κ2) is 52.0. The Morgan fingerprint density at radius 3 is 1.24 bits per heavy atom. The van der Waals surface area contributed by atoms with Crippen LogP contribution in [0.2, 0.25) is 0 Å². The van der Waals surface area contributed by atoms with E-state index >= 15 is 0 Å². The van der Waals surface area contributed by atoms with Gasteiger partial charge >= 0.3 is 5.97 Å². The molecule has 1 amide bonds. The Bertz CT molecular complexity index is 966. The average molecular weight is 874 g/mol. The van der Waals surface area contributed by atoms with E-state index in [2.05, 4.69) is 43.5 Å². The summed E-state index contributed by atoms with van der Waals surface area (Å²) in [5.74, 6) is -0.0795. The predicted molar refractivity (Wildman–Crippen MR) is 269 cm³/mol. The molecule has 0 aliphatic heterocycles. The first-order valence-electron chi connectivity index (χ1n) is 27.6. The van der Waals surface area contributed by atoms with Gasteiger partial charge in [0.15, 0.2) is 0 Å². The second-order valence-electron chi connectivity index (χ2n) is 18.9. The van der Waals surface area contributed by atoms with Crippen LogP contribution in [0.3, 0.4) is 0 Å². The molecular weight excluding hydrogens is 767 g/mol. The molecule has 3 N–H and O–H groups in total. The molecule has 0 heterocycles. The minimum Gasteiger partial charge on any atom is -0.466 e. The van der Waals surface area contributed by atoms with Crippen LogP contribution in [0.15, 0.2) is 24.3 Å². The molecule has 366 valence electrons. The Morgan fingerprint density at radius 1 is 0.452 bits per heavy atom. The number of hydrogen-bond acceptors (Lipinski definition) is 5. The molecule has 62 heavy (non-hydrogen) atoms. The molecule has 0 aromatic carbocycles. The van der Waals surface area contributed by atoms with Crippen molar-refractivity contribution in [3.63, 3.8) is 0 Å². The van der Waals surface area contributed by atoms with Gasteiger partial charge in [0, 0.05) is 12.8 Å². The van der Waals surface area contributed by atoms with E-state index in [1.165, 1.54) is 193 Å². The monoisotopic (exact) mass is 874 g/mol. The van der Waals surface area contributed by atoms with Crippen LogP contribution in [0.25, 0.3) is 0 Å². The Hall–Kier alpha value is -1.66. The van der Waals surface area contributed by atoms with Crippen molar-refractivity contribution < 1.29 is 24.5 Å². The zero-order valence-corrected chi connectivity index (χ0v) is 41.6. The summed E-state index contributed by atoms with van der Waals surface area (Å²) >= 11 is 0. The molecule has 2 atom stereocenters. The van der Waals surface area contributed by atoms with Crippen molar-refractivity contribution >= 4 is 11.9 Å². The molecule has 0 aromatic rings. The normalized spacial score (nSPS) is 12.8. The summed E-state index contributed by atoms with van der Waals surface area (Å²) in [6, 6.07) is -0.557. The van der Waals surface area contributed by atoms with E-state index in [9.17, 15) is 19.8 Å². The van der Waals surface area contributed by atoms with Gasteiger partial charge in [-0.2, -0.15) is 0 Å². The maximum atomic E-state index is 12.5. The molecule has 0 fully saturated rings. The molecule has 6 heteroatoms. The fraction of sp³-hybridized carbons (Fsp3) is 0.893. The fourth-order valence-corrected chi connectivity index (χ4v) is 8.49. The highest BCUT2D eigenvalue weighted by molar-refractivity contribution is 5.76. The number of esters is 1. The maximum Gasteiger partial charge on any atom is 0.305 e. The Kier molecular flexibility index (Phi) is 50.6. The quantitative estimate of drug-likeness (QED) is 0.0321. The number of amides is 1. The SMILES string of the molecule is CCCCCC/C=C\C/C=C\CCCCCCCC(=O)OCCCCCCCCCCCCCC(=O)NC(CO)C(O)CCCCCCCCCCCCCCCCCCCC. The van der Waals surface area contributed by atoms with Crippen molar-refractivity contribution in [2.24, 2.45) is 0 Å². The van der Waals surface area contributed by atoms with E-state index in [1.54, 1.807) is 0 Å². The molecular formula is C56H107NO5. The van der Waals surface area contributed by atoms with Crippen molar-refractivity contribution in [3.8, 4) is 0 Å². The van der Waals surface area contributed by atoms with Crippen LogP contribution in [-0.2, 0) is 14.3 Å². The third-order valence-corrected chi connectivity index (χ3v) is 12.8. The molecule has 2 unspecified atom stereocenters. The van der Waals surface area contributed by atoms with Gasteiger partial charge in [-0.1, -0.05) is 250 Å². The van der Waals surface area contributed by atoms with E-state index in [0.717, 1.165) is 70.6 Å². The van der Waals surface area contributed by atoms with Crippen LogP contribution < -0.4 is 5.32 Å². The van der Waals surface area contributed by atoms with E-state index < -0.39 is 12.1 Å². The lowest BCUT2D eigenvalue weighted by Crippen LogP contribution is -2.45. The van der Waals surface area contributed by atoms with Crippen molar-refractivity contribution in [2.75, 3.05) is 13.2 Å². The zero-order valence-electron chi connectivity index (χ0n) is 41.6. The number of nitrogens with one attached hydrogen (secondary N) is 1. The van der Waals surface area contributed by atoms with Gasteiger partial charge in [-0.15, -0.1) is 0 Å². The van der Waals surface area contributed by atoms with Crippen LogP contribution in [0.1, 0.15) is 296 Å². The zero-order chi connectivity index (χ0) is 45.1. The average Bonchev–Trinajstić information content (AvgIpc) is 3.27. The van der Waals surface area contributed by atoms with Gasteiger partial charge in [0.05, 0.1) is 25.4 Å². The van der Waals surface area contributed by atoms with E-state index in [-0.39, 0.29) is 18.5 Å². The highest BCUT2D eigenvalue weighted by Gasteiger charge is 2.20. The number of carbonyl (C=O) groups excluding carboxylic acids is 2. The lowest BCUT2D eigenvalue weighted by molar-refractivity contribution is -0.143. The van der Waals surface area contributed by atoms with Crippen molar-refractivity contribution in [1.82, 2.24) is 5.32 Å². The van der Waals surface area contributed by atoms with Gasteiger partial charge in [0.25, 0.3) is 0 Å². The molecule has 0 aliphatic carbocycles. The molecule has 6 nitrogen and oxygen atoms in total. The van der Waals surface area contributed by atoms with Crippen LogP contribution in [0, 0.1) is 0 Å². The van der Waals surface area contributed by atoms with Gasteiger partial charge in [0.2, 0.25) is 5.91 Å². The number of aliphatic hydroxyl groups is 2. The van der Waals surface area contributed by atoms with Gasteiger partial charge < -0.3 is 20.3 Å². The first-order chi connectivity index (χ1) is 30.5. The number of ether oxygens (including phenoxy) is 1. The van der Waals surface area contributed by atoms with Crippen molar-refractivity contribution in [2.45, 2.75) is 309 Å². The maximum absolute atomic E-state index is 12.5. The fourth-order valence-electron chi connectivity index (χ4n) is 8.49. The first kappa shape index (κ1) is 60.3. The third-order valence-electron chi connectivity index (χ3n) is 12.8. The van der Waals surface area contributed by atoms with Crippen LogP contribution >= 0.6 is 0 Å². The van der Waals surface area contributed by atoms with Gasteiger partial charge in [0.1, 0.15) is 0 Å². The van der Waals surface area contributed by atoms with Gasteiger partial charge in [-0.05, 0) is 57.8 Å². The second-order valence-corrected chi connectivity index (χ2v) is 18.9. The number of hydrogen-bond donors (Lipinski definition) is 3. The van der Waals surface area contributed by atoms with Crippen LogP contribution in [0.4, 0.5) is 0 Å². The van der Waals surface area contributed by atoms with E-state index in [1.807, 2.05) is 0 Å². The summed E-state index contributed by atoms with van der Waals surface area (Å²) in [6.07, 6.45) is 61.5.